The van der Waals surface area contributed by atoms with E-state index in [2.05, 4.69) is 10.5 Å². The van der Waals surface area contributed by atoms with Gasteiger partial charge in [0.05, 0.1) is 11.3 Å². The predicted molar refractivity (Wildman–Crippen MR) is 120 cm³/mol. The van der Waals surface area contributed by atoms with Gasteiger partial charge in [-0.3, -0.25) is 5.43 Å². The number of rotatable bonds is 3. The first-order valence-electron chi connectivity index (χ1n) is 11.0. The second kappa shape index (κ2) is 8.35. The van der Waals surface area contributed by atoms with Crippen LogP contribution in [0.5, 0.6) is 0 Å². The Hall–Kier alpha value is -2.98. The summed E-state index contributed by atoms with van der Waals surface area (Å²) in [5, 5.41) is 30.5. The van der Waals surface area contributed by atoms with Crippen molar-refractivity contribution in [1.29, 1.82) is 0 Å². The van der Waals surface area contributed by atoms with E-state index in [1.54, 1.807) is 26.8 Å². The Bertz CT molecular complexity index is 1180. The molecule has 2 aromatic carbocycles. The van der Waals surface area contributed by atoms with E-state index in [9.17, 15) is 28.0 Å². The molecular formula is C24H26F4N4O2. The average Bonchev–Trinajstić information content (AvgIpc) is 2.92. The summed E-state index contributed by atoms with van der Waals surface area (Å²) >= 11 is 0. The molecule has 0 bridgehead atoms. The molecule has 0 radical (unpaired) electrons. The maximum atomic E-state index is 13.9. The third-order valence-corrected chi connectivity index (χ3v) is 6.59. The summed E-state index contributed by atoms with van der Waals surface area (Å²) in [6, 6.07) is 8.94. The molecule has 1 spiro atoms. The van der Waals surface area contributed by atoms with Crippen LogP contribution in [0.2, 0.25) is 0 Å². The third kappa shape index (κ3) is 3.84. The summed E-state index contributed by atoms with van der Waals surface area (Å²) in [7, 11) is 0. The van der Waals surface area contributed by atoms with E-state index in [1.165, 1.54) is 24.3 Å². The van der Waals surface area contributed by atoms with Gasteiger partial charge in [-0.15, -0.1) is 5.06 Å². The quantitative estimate of drug-likeness (QED) is 0.258. The van der Waals surface area contributed by atoms with Gasteiger partial charge < -0.3 is 10.4 Å². The maximum Gasteiger partial charge on any atom is 0.416 e. The molecule has 0 saturated heterocycles. The van der Waals surface area contributed by atoms with Crippen molar-refractivity contribution >= 4 is 17.1 Å². The van der Waals surface area contributed by atoms with Crippen LogP contribution in [-0.4, -0.2) is 37.6 Å². The van der Waals surface area contributed by atoms with Crippen molar-refractivity contribution < 1.29 is 27.5 Å². The Balaban J connectivity index is 1.79. The highest BCUT2D eigenvalue weighted by Gasteiger charge is 2.65. The summed E-state index contributed by atoms with van der Waals surface area (Å²) in [4.78, 5) is 0. The van der Waals surface area contributed by atoms with Gasteiger partial charge in [-0.25, -0.2) is 4.39 Å². The lowest BCUT2D eigenvalue weighted by atomic mass is 9.86. The van der Waals surface area contributed by atoms with E-state index < -0.39 is 28.8 Å². The molecule has 2 aliphatic rings. The second-order valence-electron chi connectivity index (χ2n) is 9.25. The highest BCUT2D eigenvalue weighted by molar-refractivity contribution is 6.07. The number of nitrogens with one attached hydrogen (secondary N) is 1. The van der Waals surface area contributed by atoms with Crippen LogP contribution in [0.4, 0.5) is 23.2 Å². The minimum atomic E-state index is -4.50. The van der Waals surface area contributed by atoms with Crippen molar-refractivity contribution in [2.24, 2.45) is 5.10 Å². The van der Waals surface area contributed by atoms with Crippen LogP contribution < -0.4 is 5.43 Å². The zero-order valence-electron chi connectivity index (χ0n) is 19.1. The summed E-state index contributed by atoms with van der Waals surface area (Å²) in [5.41, 5.74) is 0.672. The fourth-order valence-electron chi connectivity index (χ4n) is 4.84. The van der Waals surface area contributed by atoms with E-state index in [1.807, 2.05) is 0 Å². The van der Waals surface area contributed by atoms with E-state index >= 15 is 0 Å². The standard InChI is InChI=1S/C24H26F4N4O2/c1-15-13-16(10-11-19(15)25)21-22(2,3)32(34)23(31(21)33)12-5-4-9-20(23)30-29-18-8-6-7-17(14-18)24(26,27)28/h6-8,10-11,13-14,29,34H,4-5,9,12H2,1-3H3. The van der Waals surface area contributed by atoms with Gasteiger partial charge in [-0.2, -0.15) is 23.0 Å². The topological polar surface area (TPSA) is 73.9 Å². The van der Waals surface area contributed by atoms with Gasteiger partial charge in [0.15, 0.2) is 0 Å². The lowest BCUT2D eigenvalue weighted by Gasteiger charge is -2.38. The van der Waals surface area contributed by atoms with Crippen LogP contribution in [-0.2, 0) is 6.18 Å². The van der Waals surface area contributed by atoms with Crippen LogP contribution in [0.1, 0.15) is 56.2 Å². The van der Waals surface area contributed by atoms with Crippen LogP contribution >= 0.6 is 0 Å². The second-order valence-corrected chi connectivity index (χ2v) is 9.25. The lowest BCUT2D eigenvalue weighted by Crippen LogP contribution is -2.61. The van der Waals surface area contributed by atoms with Gasteiger partial charge >= 0.3 is 6.18 Å². The Kier molecular flexibility index (Phi) is 5.93. The number of hydroxylamine groups is 3. The number of halogens is 4. The van der Waals surface area contributed by atoms with E-state index in [0.29, 0.717) is 36.1 Å². The molecular weight excluding hydrogens is 452 g/mol. The minimum absolute atomic E-state index is 0.112. The maximum absolute atomic E-state index is 13.9. The van der Waals surface area contributed by atoms with Gasteiger partial charge in [0.25, 0.3) is 5.66 Å². The van der Waals surface area contributed by atoms with Crippen molar-refractivity contribution in [1.82, 2.24) is 5.06 Å². The monoisotopic (exact) mass is 478 g/mol. The number of anilines is 1. The zero-order chi connectivity index (χ0) is 24.9. The Morgan fingerprint density at radius 3 is 2.56 bits per heavy atom. The summed E-state index contributed by atoms with van der Waals surface area (Å²) in [6.07, 6.45) is -2.52. The number of benzene rings is 2. The Morgan fingerprint density at radius 1 is 1.15 bits per heavy atom. The van der Waals surface area contributed by atoms with Crippen molar-refractivity contribution in [2.45, 2.75) is 63.8 Å². The zero-order valence-corrected chi connectivity index (χ0v) is 19.1. The van der Waals surface area contributed by atoms with Gasteiger partial charge in [0, 0.05) is 12.0 Å². The molecule has 1 aliphatic carbocycles. The number of alkyl halides is 3. The first-order valence-corrected chi connectivity index (χ1v) is 11.0. The molecule has 0 amide bonds. The molecule has 1 fully saturated rings. The highest BCUT2D eigenvalue weighted by Crippen LogP contribution is 2.43. The first-order chi connectivity index (χ1) is 15.9. The largest absolute Gasteiger partial charge is 0.622 e. The van der Waals surface area contributed by atoms with Crippen LogP contribution in [0, 0.1) is 17.9 Å². The molecule has 1 heterocycles. The molecule has 10 heteroatoms. The molecule has 6 nitrogen and oxygen atoms in total. The number of hydrazone groups is 1. The normalized spacial score (nSPS) is 24.3. The van der Waals surface area contributed by atoms with Crippen molar-refractivity contribution in [3.05, 3.63) is 70.2 Å². The predicted octanol–water partition coefficient (Wildman–Crippen LogP) is 5.67. The number of aryl methyl sites for hydroxylation is 1. The van der Waals surface area contributed by atoms with E-state index in [0.717, 1.165) is 21.9 Å². The van der Waals surface area contributed by atoms with Crippen LogP contribution in [0.25, 0.3) is 0 Å². The molecule has 1 unspecified atom stereocenters. The van der Waals surface area contributed by atoms with Crippen molar-refractivity contribution in [3.63, 3.8) is 0 Å². The van der Waals surface area contributed by atoms with Crippen LogP contribution in [0.3, 0.4) is 0 Å². The summed E-state index contributed by atoms with van der Waals surface area (Å²) in [6.45, 7) is 4.97. The molecule has 2 aromatic rings. The van der Waals surface area contributed by atoms with Gasteiger partial charge in [0.2, 0.25) is 5.71 Å². The van der Waals surface area contributed by atoms with Gasteiger partial charge in [-0.05, 0) is 82.0 Å². The van der Waals surface area contributed by atoms with Gasteiger partial charge in [-0.1, -0.05) is 6.07 Å². The SMILES string of the molecule is Cc1cc(C2=[N+]([O-])C3(CCCCC3=NNc3cccc(C(F)(F)F)c3)N(O)C2(C)C)ccc1F. The van der Waals surface area contributed by atoms with Crippen LogP contribution in [0.15, 0.2) is 47.6 Å². The van der Waals surface area contributed by atoms with Crippen molar-refractivity contribution in [2.75, 3.05) is 5.43 Å². The molecule has 182 valence electrons. The fourth-order valence-corrected chi connectivity index (χ4v) is 4.84. The molecule has 4 rings (SSSR count). The third-order valence-electron chi connectivity index (χ3n) is 6.59. The fraction of sp³-hybridized carbons (Fsp3) is 0.417. The van der Waals surface area contributed by atoms with Crippen molar-refractivity contribution in [3.8, 4) is 0 Å². The molecule has 0 aromatic heterocycles. The van der Waals surface area contributed by atoms with E-state index in [-0.39, 0.29) is 17.8 Å². The molecule has 1 saturated carbocycles. The summed E-state index contributed by atoms with van der Waals surface area (Å²) < 4.78 is 53.8. The average molecular weight is 478 g/mol. The first kappa shape index (κ1) is 24.2. The smallest absolute Gasteiger partial charge is 0.416 e. The summed E-state index contributed by atoms with van der Waals surface area (Å²) in [5.74, 6) is -0.404. The Morgan fingerprint density at radius 2 is 1.88 bits per heavy atom. The molecule has 34 heavy (non-hydrogen) atoms. The number of hydrogen-bond donors (Lipinski definition) is 2. The lowest BCUT2D eigenvalue weighted by molar-refractivity contribution is -0.568. The highest BCUT2D eigenvalue weighted by atomic mass is 19.4. The minimum Gasteiger partial charge on any atom is -0.622 e. The number of hydrogen-bond acceptors (Lipinski definition) is 5. The van der Waals surface area contributed by atoms with E-state index in [4.69, 9.17) is 0 Å². The molecule has 1 atom stereocenters. The molecule has 1 aliphatic heterocycles. The van der Waals surface area contributed by atoms with Gasteiger partial charge in [0.1, 0.15) is 17.1 Å². The Labute approximate surface area is 194 Å². The molecule has 2 N–H and O–H groups in total. The number of nitrogens with zero attached hydrogens (tertiary/aromatic N) is 3.